The number of ether oxygens (including phenoxy) is 1. The average molecular weight is 646 g/mol. The van der Waals surface area contributed by atoms with E-state index in [0.717, 1.165) is 11.1 Å². The highest BCUT2D eigenvalue weighted by atomic mass is 16.5. The van der Waals surface area contributed by atoms with Crippen LogP contribution >= 0.6 is 0 Å². The summed E-state index contributed by atoms with van der Waals surface area (Å²) in [5.41, 5.74) is 2.18. The quantitative estimate of drug-likeness (QED) is 0.139. The van der Waals surface area contributed by atoms with Crippen LogP contribution in [0.5, 0.6) is 0 Å². The number of benzene rings is 3. The van der Waals surface area contributed by atoms with E-state index in [1.54, 1.807) is 37.3 Å². The molecule has 1 saturated heterocycles. The molecule has 1 fully saturated rings. The van der Waals surface area contributed by atoms with Crippen LogP contribution in [0.2, 0.25) is 0 Å². The van der Waals surface area contributed by atoms with Crippen LogP contribution in [0.15, 0.2) is 91.0 Å². The molecule has 4 N–H and O–H groups in total. The minimum atomic E-state index is -1.22. The molecular weight excluding hydrogens is 600 g/mol. The predicted octanol–water partition coefficient (Wildman–Crippen LogP) is 5.19. The lowest BCUT2D eigenvalue weighted by molar-refractivity contribution is -0.791. The van der Waals surface area contributed by atoms with Gasteiger partial charge in [0.15, 0.2) is 0 Å². The highest BCUT2D eigenvalue weighted by molar-refractivity contribution is 5.94. The van der Waals surface area contributed by atoms with E-state index in [-0.39, 0.29) is 38.7 Å². The SMILES string of the molecule is C[C@@H]1CCC[N+]1(C(=O)O)C(=O)N(CCCCNC(=O)OCc1ccccc1)CC(O)C(Cc1ccccc1)NC(=O)c1ccccc1. The Morgan fingerprint density at radius 2 is 1.53 bits per heavy atom. The molecule has 1 aliphatic heterocycles. The van der Waals surface area contributed by atoms with Gasteiger partial charge in [0.2, 0.25) is 0 Å². The van der Waals surface area contributed by atoms with Crippen molar-refractivity contribution in [2.75, 3.05) is 26.2 Å². The van der Waals surface area contributed by atoms with Gasteiger partial charge >= 0.3 is 18.2 Å². The molecule has 0 bridgehead atoms. The molecule has 3 aromatic carbocycles. The second kappa shape index (κ2) is 17.3. The Morgan fingerprint density at radius 1 is 0.915 bits per heavy atom. The maximum atomic E-state index is 14.1. The van der Waals surface area contributed by atoms with Crippen LogP contribution in [0.4, 0.5) is 14.4 Å². The van der Waals surface area contributed by atoms with E-state index in [9.17, 15) is 29.4 Å². The van der Waals surface area contributed by atoms with Gasteiger partial charge in [-0.2, -0.15) is 4.79 Å². The summed E-state index contributed by atoms with van der Waals surface area (Å²) in [5.74, 6) is -0.365. The van der Waals surface area contributed by atoms with E-state index in [1.807, 2.05) is 60.7 Å². The Kier molecular flexibility index (Phi) is 12.9. The number of likely N-dealkylation sites (tertiary alicyclic amines) is 1. The standard InChI is InChI=1S/C36H44N4O7/c1-27-14-13-23-40(27,36(45)46)35(44)39(22-12-11-21-37-34(43)47-26-29-17-7-3-8-18-29)25-32(41)31(24-28-15-5-2-6-16-28)38-33(42)30-19-9-4-10-20-30/h2-10,15-20,27,31-32,41H,11-14,21-26H2,1H3,(H2-,37,38,42,43,45,46)/p+1/t27-,31?,32?,40?/m1/s1. The molecule has 1 aliphatic rings. The summed E-state index contributed by atoms with van der Waals surface area (Å²) in [7, 11) is 0. The number of quaternary nitrogens is 1. The monoisotopic (exact) mass is 645 g/mol. The third kappa shape index (κ3) is 9.63. The van der Waals surface area contributed by atoms with Crippen LogP contribution in [0.3, 0.4) is 0 Å². The normalized spacial score (nSPS) is 18.5. The number of rotatable bonds is 14. The molecule has 0 spiro atoms. The number of amides is 5. The molecule has 250 valence electrons. The van der Waals surface area contributed by atoms with Crippen molar-refractivity contribution in [1.82, 2.24) is 15.5 Å². The number of imide groups is 1. The number of nitrogens with one attached hydrogen (secondary N) is 2. The number of hydrogen-bond donors (Lipinski definition) is 4. The minimum absolute atomic E-state index is 0.144. The van der Waals surface area contributed by atoms with Gasteiger partial charge < -0.3 is 25.6 Å². The first kappa shape index (κ1) is 35.1. The van der Waals surface area contributed by atoms with Crippen molar-refractivity contribution in [1.29, 1.82) is 0 Å². The first-order chi connectivity index (χ1) is 22.7. The average Bonchev–Trinajstić information content (AvgIpc) is 3.49. The zero-order chi connectivity index (χ0) is 33.6. The Bertz CT molecular complexity index is 1460. The maximum absolute atomic E-state index is 14.1. The number of alkyl carbamates (subject to hydrolysis) is 1. The predicted molar refractivity (Wildman–Crippen MR) is 177 cm³/mol. The summed E-state index contributed by atoms with van der Waals surface area (Å²) in [6.07, 6.45) is -0.581. The molecular formula is C36H45N4O7+. The number of urea groups is 1. The summed E-state index contributed by atoms with van der Waals surface area (Å²) < 4.78 is 4.51. The van der Waals surface area contributed by atoms with Crippen LogP contribution in [-0.4, -0.2) is 88.1 Å². The molecule has 0 radical (unpaired) electrons. The van der Waals surface area contributed by atoms with Crippen molar-refractivity contribution >= 4 is 24.1 Å². The lowest BCUT2D eigenvalue weighted by Gasteiger charge is -2.36. The smallest absolute Gasteiger partial charge is 0.445 e. The minimum Gasteiger partial charge on any atom is -0.445 e. The summed E-state index contributed by atoms with van der Waals surface area (Å²) in [5, 5.41) is 27.5. The van der Waals surface area contributed by atoms with Crippen LogP contribution in [-0.2, 0) is 17.8 Å². The highest BCUT2D eigenvalue weighted by Gasteiger charge is 2.55. The summed E-state index contributed by atoms with van der Waals surface area (Å²) in [6, 6.07) is 25.6. The zero-order valence-electron chi connectivity index (χ0n) is 26.8. The van der Waals surface area contributed by atoms with Crippen molar-refractivity contribution in [3.8, 4) is 0 Å². The second-order valence-corrected chi connectivity index (χ2v) is 12.0. The van der Waals surface area contributed by atoms with Crippen molar-refractivity contribution in [3.05, 3.63) is 108 Å². The van der Waals surface area contributed by atoms with Crippen molar-refractivity contribution in [2.45, 2.75) is 63.8 Å². The molecule has 4 atom stereocenters. The molecule has 11 nitrogen and oxygen atoms in total. The number of hydrogen-bond acceptors (Lipinski definition) is 6. The van der Waals surface area contributed by atoms with Crippen molar-refractivity contribution < 1.29 is 38.6 Å². The van der Waals surface area contributed by atoms with Gasteiger partial charge in [0.25, 0.3) is 5.91 Å². The van der Waals surface area contributed by atoms with E-state index >= 15 is 0 Å². The number of carboxylic acid groups (broad SMARTS) is 1. The fourth-order valence-corrected chi connectivity index (χ4v) is 5.98. The van der Waals surface area contributed by atoms with E-state index in [4.69, 9.17) is 4.74 Å². The first-order valence-corrected chi connectivity index (χ1v) is 16.1. The Hall–Kier alpha value is -4.74. The van der Waals surface area contributed by atoms with E-state index in [1.165, 1.54) is 4.90 Å². The number of nitrogens with zero attached hydrogens (tertiary/aromatic N) is 2. The van der Waals surface area contributed by atoms with Crippen LogP contribution in [0.25, 0.3) is 0 Å². The third-order valence-electron chi connectivity index (χ3n) is 8.70. The molecule has 0 aromatic heterocycles. The Morgan fingerprint density at radius 3 is 2.13 bits per heavy atom. The van der Waals surface area contributed by atoms with E-state index in [0.29, 0.717) is 37.7 Å². The van der Waals surface area contributed by atoms with Gasteiger partial charge in [0, 0.05) is 31.5 Å². The van der Waals surface area contributed by atoms with Gasteiger partial charge in [-0.15, -0.1) is 4.48 Å². The van der Waals surface area contributed by atoms with Crippen molar-refractivity contribution in [3.63, 3.8) is 0 Å². The van der Waals surface area contributed by atoms with Crippen molar-refractivity contribution in [2.24, 2.45) is 0 Å². The molecule has 11 heteroatoms. The molecule has 3 aromatic rings. The van der Waals surface area contributed by atoms with Gasteiger partial charge in [0.05, 0.1) is 25.2 Å². The highest BCUT2D eigenvalue weighted by Crippen LogP contribution is 2.30. The number of aliphatic hydroxyl groups is 1. The number of aliphatic hydroxyl groups excluding tert-OH is 1. The molecule has 4 rings (SSSR count). The topological polar surface area (TPSA) is 145 Å². The zero-order valence-corrected chi connectivity index (χ0v) is 26.8. The molecule has 0 aliphatic carbocycles. The summed E-state index contributed by atoms with van der Waals surface area (Å²) >= 11 is 0. The van der Waals surface area contributed by atoms with Gasteiger partial charge in [-0.3, -0.25) is 9.69 Å². The van der Waals surface area contributed by atoms with Crippen LogP contribution in [0, 0.1) is 0 Å². The summed E-state index contributed by atoms with van der Waals surface area (Å²) in [6.45, 7) is 2.33. The lowest BCUT2D eigenvalue weighted by Crippen LogP contribution is -2.64. The fraction of sp³-hybridized carbons (Fsp3) is 0.389. The van der Waals surface area contributed by atoms with Gasteiger partial charge in [0.1, 0.15) is 12.6 Å². The largest absolute Gasteiger partial charge is 0.523 e. The third-order valence-corrected chi connectivity index (χ3v) is 8.70. The number of unbranched alkanes of at least 4 members (excludes halogenated alkanes) is 1. The maximum Gasteiger partial charge on any atom is 0.523 e. The van der Waals surface area contributed by atoms with Gasteiger partial charge in [-0.1, -0.05) is 78.9 Å². The van der Waals surface area contributed by atoms with Gasteiger partial charge in [-0.25, -0.2) is 9.59 Å². The number of carbonyl (C=O) groups excluding carboxylic acids is 3. The molecule has 5 amide bonds. The lowest BCUT2D eigenvalue weighted by atomic mass is 10.00. The summed E-state index contributed by atoms with van der Waals surface area (Å²) in [4.78, 5) is 53.4. The Balaban J connectivity index is 1.44. The van der Waals surface area contributed by atoms with Gasteiger partial charge in [-0.05, 0) is 49.4 Å². The molecule has 47 heavy (non-hydrogen) atoms. The number of carbonyl (C=O) groups is 4. The molecule has 3 unspecified atom stereocenters. The van der Waals surface area contributed by atoms with E-state index in [2.05, 4.69) is 10.6 Å². The fourth-order valence-electron chi connectivity index (χ4n) is 5.98. The van der Waals surface area contributed by atoms with Crippen LogP contribution in [0.1, 0.15) is 54.1 Å². The van der Waals surface area contributed by atoms with E-state index < -0.39 is 40.9 Å². The second-order valence-electron chi connectivity index (χ2n) is 12.0. The first-order valence-electron chi connectivity index (χ1n) is 16.1. The Labute approximate surface area is 275 Å². The molecule has 1 heterocycles. The van der Waals surface area contributed by atoms with Crippen LogP contribution < -0.4 is 10.6 Å². The molecule has 0 saturated carbocycles.